The van der Waals surface area contributed by atoms with Crippen LogP contribution < -0.4 is 10.6 Å². The lowest BCUT2D eigenvalue weighted by Gasteiger charge is -2.22. The number of hydrogen-bond acceptors (Lipinski definition) is 3. The van der Waals surface area contributed by atoms with Gasteiger partial charge in [0, 0.05) is 7.05 Å². The summed E-state index contributed by atoms with van der Waals surface area (Å²) in [6.07, 6.45) is 0. The zero-order valence-electron chi connectivity index (χ0n) is 11.2. The Hall–Kier alpha value is -2.64. The van der Waals surface area contributed by atoms with Crippen LogP contribution in [0.1, 0.15) is 17.2 Å². The number of nitrogens with zero attached hydrogens (tertiary/aromatic N) is 2. The Labute approximate surface area is 118 Å². The maximum atomic E-state index is 12.4. The zero-order valence-corrected chi connectivity index (χ0v) is 11.2. The number of anilines is 1. The summed E-state index contributed by atoms with van der Waals surface area (Å²) in [6, 6.07) is 17.5. The summed E-state index contributed by atoms with van der Waals surface area (Å²) in [5, 5.41) is 9.09. The second-order valence-electron chi connectivity index (χ2n) is 4.41. The van der Waals surface area contributed by atoms with Gasteiger partial charge in [-0.15, -0.1) is 0 Å². The molecule has 4 nitrogen and oxygen atoms in total. The third-order valence-electron chi connectivity index (χ3n) is 3.14. The van der Waals surface area contributed by atoms with E-state index >= 15 is 0 Å². The molecule has 0 radical (unpaired) electrons. The van der Waals surface area contributed by atoms with Crippen molar-refractivity contribution < 1.29 is 4.79 Å². The van der Waals surface area contributed by atoms with Gasteiger partial charge in [0.15, 0.2) is 0 Å². The standard InChI is InChI=1S/C16H15N3O/c1-19(14-10-6-5-9-13(14)11-17)16(20)15(18)12-7-3-2-4-8-12/h2-10,15H,18H2,1H3/t15-/m0/s1. The molecule has 0 bridgehead atoms. The van der Waals surface area contributed by atoms with Gasteiger partial charge in [0.2, 0.25) is 5.91 Å². The minimum atomic E-state index is -0.743. The van der Waals surface area contributed by atoms with Crippen molar-refractivity contribution in [2.24, 2.45) is 5.73 Å². The highest BCUT2D eigenvalue weighted by molar-refractivity contribution is 5.98. The van der Waals surface area contributed by atoms with Gasteiger partial charge < -0.3 is 10.6 Å². The van der Waals surface area contributed by atoms with Crippen molar-refractivity contribution >= 4 is 11.6 Å². The first-order valence-corrected chi connectivity index (χ1v) is 6.22. The van der Waals surface area contributed by atoms with Crippen molar-refractivity contribution in [3.63, 3.8) is 0 Å². The van der Waals surface area contributed by atoms with Gasteiger partial charge in [0.05, 0.1) is 11.3 Å². The third kappa shape index (κ3) is 2.68. The van der Waals surface area contributed by atoms with Crippen molar-refractivity contribution in [2.75, 3.05) is 11.9 Å². The monoisotopic (exact) mass is 265 g/mol. The third-order valence-corrected chi connectivity index (χ3v) is 3.14. The van der Waals surface area contributed by atoms with Crippen LogP contribution in [0.4, 0.5) is 5.69 Å². The molecule has 0 aromatic heterocycles. The number of carbonyl (C=O) groups is 1. The quantitative estimate of drug-likeness (QED) is 0.925. The normalized spacial score (nSPS) is 11.4. The number of nitrogens with two attached hydrogens (primary N) is 1. The highest BCUT2D eigenvalue weighted by atomic mass is 16.2. The van der Waals surface area contributed by atoms with Gasteiger partial charge in [-0.3, -0.25) is 4.79 Å². The molecule has 0 aliphatic heterocycles. The van der Waals surface area contributed by atoms with E-state index in [0.29, 0.717) is 11.3 Å². The Morgan fingerprint density at radius 3 is 2.40 bits per heavy atom. The van der Waals surface area contributed by atoms with E-state index in [1.54, 1.807) is 31.3 Å². The van der Waals surface area contributed by atoms with Crippen LogP contribution in [0.3, 0.4) is 0 Å². The fourth-order valence-corrected chi connectivity index (χ4v) is 1.99. The molecule has 2 N–H and O–H groups in total. The van der Waals surface area contributed by atoms with Crippen molar-refractivity contribution in [3.8, 4) is 6.07 Å². The molecule has 2 rings (SSSR count). The average Bonchev–Trinajstić information content (AvgIpc) is 2.53. The van der Waals surface area contributed by atoms with Gasteiger partial charge >= 0.3 is 0 Å². The predicted octanol–water partition coefficient (Wildman–Crippen LogP) is 2.22. The highest BCUT2D eigenvalue weighted by Crippen LogP contribution is 2.21. The lowest BCUT2D eigenvalue weighted by molar-refractivity contribution is -0.119. The fourth-order valence-electron chi connectivity index (χ4n) is 1.99. The number of para-hydroxylation sites is 1. The summed E-state index contributed by atoms with van der Waals surface area (Å²) in [7, 11) is 1.63. The molecule has 0 saturated heterocycles. The number of nitriles is 1. The SMILES string of the molecule is CN(C(=O)[C@@H](N)c1ccccc1)c1ccccc1C#N. The van der Waals surface area contributed by atoms with Crippen LogP contribution in [0.15, 0.2) is 54.6 Å². The first-order chi connectivity index (χ1) is 9.65. The molecule has 0 aliphatic rings. The summed E-state index contributed by atoms with van der Waals surface area (Å²) in [6.45, 7) is 0. The molecule has 2 aromatic rings. The van der Waals surface area contributed by atoms with Crippen molar-refractivity contribution in [3.05, 3.63) is 65.7 Å². The molecule has 0 fully saturated rings. The first kappa shape index (κ1) is 13.8. The molecule has 0 saturated carbocycles. The minimum Gasteiger partial charge on any atom is -0.316 e. The van der Waals surface area contributed by atoms with Crippen LogP contribution >= 0.6 is 0 Å². The summed E-state index contributed by atoms with van der Waals surface area (Å²) >= 11 is 0. The maximum absolute atomic E-state index is 12.4. The lowest BCUT2D eigenvalue weighted by atomic mass is 10.1. The Bertz CT molecular complexity index is 646. The molecular formula is C16H15N3O. The number of carbonyl (C=O) groups excluding carboxylic acids is 1. The van der Waals surface area contributed by atoms with Crippen molar-refractivity contribution in [1.82, 2.24) is 0 Å². The Kier molecular flexibility index (Phi) is 4.14. The fraction of sp³-hybridized carbons (Fsp3) is 0.125. The molecule has 1 atom stereocenters. The van der Waals surface area contributed by atoms with Crippen molar-refractivity contribution in [1.29, 1.82) is 5.26 Å². The first-order valence-electron chi connectivity index (χ1n) is 6.22. The van der Waals surface area contributed by atoms with Gasteiger partial charge in [-0.25, -0.2) is 0 Å². The van der Waals surface area contributed by atoms with Crippen LogP contribution in [0, 0.1) is 11.3 Å². The zero-order chi connectivity index (χ0) is 14.5. The summed E-state index contributed by atoms with van der Waals surface area (Å²) in [5.41, 5.74) is 7.75. The van der Waals surface area contributed by atoms with Gasteiger partial charge in [-0.05, 0) is 17.7 Å². The number of amides is 1. The van der Waals surface area contributed by atoms with Crippen LogP contribution in [0.2, 0.25) is 0 Å². The van der Waals surface area contributed by atoms with E-state index in [1.807, 2.05) is 30.3 Å². The minimum absolute atomic E-state index is 0.251. The summed E-state index contributed by atoms with van der Waals surface area (Å²) in [5.74, 6) is -0.251. The molecule has 4 heteroatoms. The van der Waals surface area contributed by atoms with Crippen LogP contribution in [0.25, 0.3) is 0 Å². The van der Waals surface area contributed by atoms with Crippen LogP contribution in [-0.2, 0) is 4.79 Å². The number of benzene rings is 2. The Morgan fingerprint density at radius 2 is 1.75 bits per heavy atom. The molecule has 0 spiro atoms. The number of hydrogen-bond donors (Lipinski definition) is 1. The van der Waals surface area contributed by atoms with E-state index in [4.69, 9.17) is 11.0 Å². The van der Waals surface area contributed by atoms with Gasteiger partial charge in [0.25, 0.3) is 0 Å². The van der Waals surface area contributed by atoms with E-state index in [2.05, 4.69) is 6.07 Å². The van der Waals surface area contributed by atoms with E-state index in [1.165, 1.54) is 4.90 Å². The van der Waals surface area contributed by atoms with E-state index in [-0.39, 0.29) is 5.91 Å². The largest absolute Gasteiger partial charge is 0.316 e. The second-order valence-corrected chi connectivity index (χ2v) is 4.41. The summed E-state index contributed by atoms with van der Waals surface area (Å²) in [4.78, 5) is 13.8. The molecule has 100 valence electrons. The second kappa shape index (κ2) is 6.00. The molecular weight excluding hydrogens is 250 g/mol. The number of rotatable bonds is 3. The van der Waals surface area contributed by atoms with Gasteiger partial charge in [-0.1, -0.05) is 42.5 Å². The topological polar surface area (TPSA) is 70.1 Å². The summed E-state index contributed by atoms with van der Waals surface area (Å²) < 4.78 is 0. The molecule has 0 aliphatic carbocycles. The molecule has 1 amide bonds. The van der Waals surface area contributed by atoms with E-state index in [0.717, 1.165) is 5.56 Å². The van der Waals surface area contributed by atoms with Gasteiger partial charge in [0.1, 0.15) is 12.1 Å². The molecule has 2 aromatic carbocycles. The predicted molar refractivity (Wildman–Crippen MR) is 77.9 cm³/mol. The Morgan fingerprint density at radius 1 is 1.15 bits per heavy atom. The maximum Gasteiger partial charge on any atom is 0.248 e. The molecule has 0 unspecified atom stereocenters. The molecule has 0 heterocycles. The van der Waals surface area contributed by atoms with Gasteiger partial charge in [-0.2, -0.15) is 5.26 Å². The Balaban J connectivity index is 2.27. The smallest absolute Gasteiger partial charge is 0.248 e. The van der Waals surface area contributed by atoms with E-state index in [9.17, 15) is 4.79 Å². The average molecular weight is 265 g/mol. The van der Waals surface area contributed by atoms with Crippen molar-refractivity contribution in [2.45, 2.75) is 6.04 Å². The van der Waals surface area contributed by atoms with Crippen LogP contribution in [0.5, 0.6) is 0 Å². The highest BCUT2D eigenvalue weighted by Gasteiger charge is 2.22. The lowest BCUT2D eigenvalue weighted by Crippen LogP contribution is -2.36. The van der Waals surface area contributed by atoms with Crippen LogP contribution in [-0.4, -0.2) is 13.0 Å². The van der Waals surface area contributed by atoms with E-state index < -0.39 is 6.04 Å². The number of likely N-dealkylation sites (N-methyl/N-ethyl adjacent to an activating group) is 1. The molecule has 20 heavy (non-hydrogen) atoms.